The van der Waals surface area contributed by atoms with E-state index in [1.165, 1.54) is 60.2 Å². The second-order valence-electron chi connectivity index (χ2n) is 13.0. The summed E-state index contributed by atoms with van der Waals surface area (Å²) < 4.78 is 0. The van der Waals surface area contributed by atoms with Crippen LogP contribution in [-0.4, -0.2) is 35.3 Å². The van der Waals surface area contributed by atoms with Gasteiger partial charge in [-0.3, -0.25) is 4.79 Å². The molecular formula is C33H50N2OS. The van der Waals surface area contributed by atoms with Gasteiger partial charge in [-0.05, 0) is 105 Å². The van der Waals surface area contributed by atoms with Gasteiger partial charge in [0.25, 0.3) is 0 Å². The number of unbranched alkanes of at least 4 members (excludes halogenated alkanes) is 1. The molecule has 1 heterocycles. The maximum Gasteiger partial charge on any atom is 0.133 e. The van der Waals surface area contributed by atoms with Crippen molar-refractivity contribution in [3.63, 3.8) is 0 Å². The van der Waals surface area contributed by atoms with Gasteiger partial charge in [-0.25, -0.2) is 4.98 Å². The van der Waals surface area contributed by atoms with Crippen LogP contribution in [0, 0.1) is 5.92 Å². The summed E-state index contributed by atoms with van der Waals surface area (Å²) in [5, 5.41) is 3.57. The Balaban J connectivity index is 1.29. The Morgan fingerprint density at radius 3 is 2.32 bits per heavy atom. The molecule has 204 valence electrons. The first-order valence-corrected chi connectivity index (χ1v) is 15.9. The fourth-order valence-electron chi connectivity index (χ4n) is 6.59. The Morgan fingerprint density at radius 2 is 1.65 bits per heavy atom. The number of hydrogen-bond donors (Lipinski definition) is 0. The average molecular weight is 523 g/mol. The standard InChI is InChI=1S/C33H50N2OS/c1-7-35(8-2)20-10-9-11-27(36)21-24-12-14-25(15-13-24)31-34-30(23-37-31)26-16-17-28-29(22-26)33(5,6)19-18-32(28,3)4/h16-17,22-25H,7-15,18-21H2,1-6H3. The predicted octanol–water partition coefficient (Wildman–Crippen LogP) is 8.90. The van der Waals surface area contributed by atoms with Crippen molar-refractivity contribution in [3.05, 3.63) is 39.7 Å². The number of fused-ring (bicyclic) bond motifs is 1. The third kappa shape index (κ3) is 6.92. The number of hydrogen-bond acceptors (Lipinski definition) is 4. The van der Waals surface area contributed by atoms with E-state index in [9.17, 15) is 4.79 Å². The van der Waals surface area contributed by atoms with Gasteiger partial charge in [0.15, 0.2) is 0 Å². The molecule has 0 atom stereocenters. The topological polar surface area (TPSA) is 33.2 Å². The summed E-state index contributed by atoms with van der Waals surface area (Å²) in [6.07, 6.45) is 10.9. The van der Waals surface area contributed by atoms with Crippen LogP contribution in [0.1, 0.15) is 128 Å². The van der Waals surface area contributed by atoms with Crippen LogP contribution < -0.4 is 0 Å². The summed E-state index contributed by atoms with van der Waals surface area (Å²) in [6.45, 7) is 17.3. The summed E-state index contributed by atoms with van der Waals surface area (Å²) in [6, 6.07) is 7.10. The van der Waals surface area contributed by atoms with Crippen LogP contribution in [0.5, 0.6) is 0 Å². The molecule has 0 saturated heterocycles. The first-order chi connectivity index (χ1) is 17.6. The molecule has 1 aromatic heterocycles. The second-order valence-corrected chi connectivity index (χ2v) is 13.9. The molecule has 0 bridgehead atoms. The average Bonchev–Trinajstić information content (AvgIpc) is 3.38. The Hall–Kier alpha value is -1.52. The molecule has 0 amide bonds. The van der Waals surface area contributed by atoms with Crippen LogP contribution in [0.15, 0.2) is 23.6 Å². The lowest BCUT2D eigenvalue weighted by Gasteiger charge is -2.42. The zero-order valence-electron chi connectivity index (χ0n) is 24.4. The van der Waals surface area contributed by atoms with E-state index in [1.807, 2.05) is 11.3 Å². The number of carbonyl (C=O) groups excluding carboxylic acids is 1. The minimum atomic E-state index is 0.223. The van der Waals surface area contributed by atoms with Gasteiger partial charge in [-0.2, -0.15) is 0 Å². The van der Waals surface area contributed by atoms with E-state index < -0.39 is 0 Å². The molecule has 2 aliphatic carbocycles. The summed E-state index contributed by atoms with van der Waals surface area (Å²) in [4.78, 5) is 20.2. The molecule has 4 rings (SSSR count). The minimum Gasteiger partial charge on any atom is -0.304 e. The summed E-state index contributed by atoms with van der Waals surface area (Å²) in [5.41, 5.74) is 5.91. The van der Waals surface area contributed by atoms with E-state index in [0.29, 0.717) is 17.6 Å². The molecule has 4 heteroatoms. The van der Waals surface area contributed by atoms with Crippen molar-refractivity contribution in [2.75, 3.05) is 19.6 Å². The fraction of sp³-hybridized carbons (Fsp3) is 0.697. The lowest BCUT2D eigenvalue weighted by atomic mass is 9.63. The molecule has 0 N–H and O–H groups in total. The van der Waals surface area contributed by atoms with E-state index in [0.717, 1.165) is 51.0 Å². The maximum atomic E-state index is 12.6. The highest BCUT2D eigenvalue weighted by molar-refractivity contribution is 7.10. The first-order valence-electron chi connectivity index (χ1n) is 15.0. The molecule has 3 nitrogen and oxygen atoms in total. The zero-order chi connectivity index (χ0) is 26.6. The molecule has 37 heavy (non-hydrogen) atoms. The normalized spacial score (nSPS) is 22.7. The van der Waals surface area contributed by atoms with Gasteiger partial charge < -0.3 is 4.90 Å². The zero-order valence-corrected chi connectivity index (χ0v) is 25.2. The number of carbonyl (C=O) groups is 1. The lowest BCUT2D eigenvalue weighted by molar-refractivity contribution is -0.120. The van der Waals surface area contributed by atoms with E-state index in [1.54, 1.807) is 0 Å². The molecule has 0 aliphatic heterocycles. The SMILES string of the molecule is CCN(CC)CCCCC(=O)CC1CCC(c2nc(-c3ccc4c(c3)C(C)(C)CCC4(C)C)cs2)CC1. The number of Topliss-reactive ketones (excluding diaryl/α,β-unsaturated/α-hetero) is 1. The summed E-state index contributed by atoms with van der Waals surface area (Å²) in [5.74, 6) is 1.63. The van der Waals surface area contributed by atoms with Gasteiger partial charge in [-0.15, -0.1) is 11.3 Å². The van der Waals surface area contributed by atoms with E-state index in [4.69, 9.17) is 4.98 Å². The largest absolute Gasteiger partial charge is 0.304 e. The van der Waals surface area contributed by atoms with Crippen LogP contribution in [0.25, 0.3) is 11.3 Å². The number of rotatable bonds is 11. The molecule has 2 aliphatic rings. The van der Waals surface area contributed by atoms with Gasteiger partial charge in [0.1, 0.15) is 5.78 Å². The van der Waals surface area contributed by atoms with Crippen molar-refractivity contribution >= 4 is 17.1 Å². The first kappa shape index (κ1) is 28.5. The van der Waals surface area contributed by atoms with E-state index in [2.05, 4.69) is 70.0 Å². The molecule has 0 unspecified atom stereocenters. The number of aromatic nitrogens is 1. The van der Waals surface area contributed by atoms with Crippen LogP contribution in [0.4, 0.5) is 0 Å². The van der Waals surface area contributed by atoms with E-state index in [-0.39, 0.29) is 10.8 Å². The quantitative estimate of drug-likeness (QED) is 0.276. The van der Waals surface area contributed by atoms with Gasteiger partial charge >= 0.3 is 0 Å². The Kier molecular flexibility index (Phi) is 9.33. The van der Waals surface area contributed by atoms with Crippen LogP contribution >= 0.6 is 11.3 Å². The number of thiazole rings is 1. The van der Waals surface area contributed by atoms with Crippen molar-refractivity contribution in [1.82, 2.24) is 9.88 Å². The molecule has 0 spiro atoms. The number of nitrogens with zero attached hydrogens (tertiary/aromatic N) is 2. The predicted molar refractivity (Wildman–Crippen MR) is 159 cm³/mol. The lowest BCUT2D eigenvalue weighted by Crippen LogP contribution is -2.33. The molecular weight excluding hydrogens is 472 g/mol. The van der Waals surface area contributed by atoms with Crippen LogP contribution in [0.3, 0.4) is 0 Å². The second kappa shape index (κ2) is 12.1. The van der Waals surface area contributed by atoms with Crippen molar-refractivity contribution in [1.29, 1.82) is 0 Å². The van der Waals surface area contributed by atoms with E-state index >= 15 is 0 Å². The third-order valence-corrected chi connectivity index (χ3v) is 10.5. The summed E-state index contributed by atoms with van der Waals surface area (Å²) in [7, 11) is 0. The Labute approximate surface area is 230 Å². The fourth-order valence-corrected chi connectivity index (χ4v) is 7.59. The third-order valence-electron chi connectivity index (χ3n) is 9.46. The van der Waals surface area contributed by atoms with Crippen LogP contribution in [0.2, 0.25) is 0 Å². The molecule has 1 aromatic carbocycles. The molecule has 1 saturated carbocycles. The minimum absolute atomic E-state index is 0.223. The smallest absolute Gasteiger partial charge is 0.133 e. The molecule has 1 fully saturated rings. The maximum absolute atomic E-state index is 12.6. The van der Waals surface area contributed by atoms with Gasteiger partial charge in [-0.1, -0.05) is 53.7 Å². The van der Waals surface area contributed by atoms with Crippen LogP contribution in [-0.2, 0) is 15.6 Å². The highest BCUT2D eigenvalue weighted by Crippen LogP contribution is 2.47. The number of ketones is 1. The van der Waals surface area contributed by atoms with Crippen molar-refractivity contribution in [2.24, 2.45) is 5.92 Å². The number of benzene rings is 1. The Bertz CT molecular complexity index is 1040. The molecule has 0 radical (unpaired) electrons. The summed E-state index contributed by atoms with van der Waals surface area (Å²) >= 11 is 1.84. The van der Waals surface area contributed by atoms with Gasteiger partial charge in [0.05, 0.1) is 10.7 Å². The van der Waals surface area contributed by atoms with Crippen molar-refractivity contribution in [2.45, 2.75) is 122 Å². The van der Waals surface area contributed by atoms with Gasteiger partial charge in [0.2, 0.25) is 0 Å². The molecule has 2 aromatic rings. The highest BCUT2D eigenvalue weighted by Gasteiger charge is 2.37. The highest BCUT2D eigenvalue weighted by atomic mass is 32.1. The van der Waals surface area contributed by atoms with Crippen molar-refractivity contribution in [3.8, 4) is 11.3 Å². The monoisotopic (exact) mass is 522 g/mol. The van der Waals surface area contributed by atoms with Crippen molar-refractivity contribution < 1.29 is 4.79 Å². The Morgan fingerprint density at radius 1 is 0.973 bits per heavy atom. The van der Waals surface area contributed by atoms with Gasteiger partial charge in [0, 0.05) is 29.7 Å².